The van der Waals surface area contributed by atoms with Crippen molar-refractivity contribution >= 4 is 23.2 Å². The van der Waals surface area contributed by atoms with Crippen molar-refractivity contribution in [3.63, 3.8) is 0 Å². The van der Waals surface area contributed by atoms with E-state index in [0.717, 1.165) is 0 Å². The summed E-state index contributed by atoms with van der Waals surface area (Å²) < 4.78 is 10.4. The Morgan fingerprint density at radius 1 is 1.15 bits per heavy atom. The number of benzene rings is 2. The SMILES string of the molecule is O=C(Nc1ccc2c(c1)OCO2)c1cc(Cl)ccc1O. The topological polar surface area (TPSA) is 67.8 Å². The molecule has 2 aromatic carbocycles. The van der Waals surface area contributed by atoms with E-state index in [1.807, 2.05) is 0 Å². The summed E-state index contributed by atoms with van der Waals surface area (Å²) in [6, 6.07) is 9.33. The molecule has 0 aromatic heterocycles. The molecule has 2 N–H and O–H groups in total. The highest BCUT2D eigenvalue weighted by Crippen LogP contribution is 2.34. The van der Waals surface area contributed by atoms with Crippen LogP contribution in [0.2, 0.25) is 5.02 Å². The Bertz CT molecular complexity index is 687. The van der Waals surface area contributed by atoms with Gasteiger partial charge in [0.1, 0.15) is 5.75 Å². The van der Waals surface area contributed by atoms with E-state index in [-0.39, 0.29) is 18.1 Å². The third-order valence-electron chi connectivity index (χ3n) is 2.83. The smallest absolute Gasteiger partial charge is 0.259 e. The average Bonchev–Trinajstić information content (AvgIpc) is 2.89. The van der Waals surface area contributed by atoms with Gasteiger partial charge in [0, 0.05) is 16.8 Å². The Labute approximate surface area is 119 Å². The zero-order valence-electron chi connectivity index (χ0n) is 10.2. The van der Waals surface area contributed by atoms with Crippen LogP contribution in [0.1, 0.15) is 10.4 Å². The van der Waals surface area contributed by atoms with Crippen LogP contribution in [-0.4, -0.2) is 17.8 Å². The van der Waals surface area contributed by atoms with Gasteiger partial charge in [-0.2, -0.15) is 0 Å². The Hall–Kier alpha value is -2.40. The molecule has 2 aromatic rings. The van der Waals surface area contributed by atoms with Crippen molar-refractivity contribution in [3.05, 3.63) is 47.0 Å². The second-order valence-corrected chi connectivity index (χ2v) is 4.62. The normalized spacial score (nSPS) is 12.2. The third kappa shape index (κ3) is 2.35. The van der Waals surface area contributed by atoms with Crippen molar-refractivity contribution in [1.82, 2.24) is 0 Å². The summed E-state index contributed by atoms with van der Waals surface area (Å²) in [7, 11) is 0. The van der Waals surface area contributed by atoms with Gasteiger partial charge >= 0.3 is 0 Å². The number of phenolic OH excluding ortho intramolecular Hbond substituents is 1. The highest BCUT2D eigenvalue weighted by atomic mass is 35.5. The monoisotopic (exact) mass is 291 g/mol. The maximum atomic E-state index is 12.1. The summed E-state index contributed by atoms with van der Waals surface area (Å²) in [5, 5.41) is 12.7. The second kappa shape index (κ2) is 4.94. The Kier molecular flexibility index (Phi) is 3.12. The first-order chi connectivity index (χ1) is 9.63. The van der Waals surface area contributed by atoms with E-state index >= 15 is 0 Å². The van der Waals surface area contributed by atoms with E-state index in [0.29, 0.717) is 22.2 Å². The van der Waals surface area contributed by atoms with Crippen LogP contribution >= 0.6 is 11.6 Å². The quantitative estimate of drug-likeness (QED) is 0.892. The van der Waals surface area contributed by atoms with Gasteiger partial charge in [0.15, 0.2) is 11.5 Å². The minimum absolute atomic E-state index is 0.107. The number of phenols is 1. The van der Waals surface area contributed by atoms with Gasteiger partial charge in [-0.15, -0.1) is 0 Å². The van der Waals surface area contributed by atoms with Crippen LogP contribution in [0.5, 0.6) is 17.2 Å². The summed E-state index contributed by atoms with van der Waals surface area (Å²) in [5.74, 6) is 0.614. The zero-order valence-corrected chi connectivity index (χ0v) is 11.0. The number of rotatable bonds is 2. The molecule has 20 heavy (non-hydrogen) atoms. The lowest BCUT2D eigenvalue weighted by molar-refractivity contribution is 0.102. The molecule has 0 atom stereocenters. The summed E-state index contributed by atoms with van der Waals surface area (Å²) in [4.78, 5) is 12.1. The van der Waals surface area contributed by atoms with Crippen molar-refractivity contribution in [3.8, 4) is 17.2 Å². The summed E-state index contributed by atoms with van der Waals surface area (Å²) in [6.45, 7) is 0.168. The molecule has 0 unspecified atom stereocenters. The predicted octanol–water partition coefficient (Wildman–Crippen LogP) is 3.03. The van der Waals surface area contributed by atoms with E-state index in [4.69, 9.17) is 21.1 Å². The van der Waals surface area contributed by atoms with Crippen molar-refractivity contribution in [2.45, 2.75) is 0 Å². The van der Waals surface area contributed by atoms with Crippen molar-refractivity contribution in [2.75, 3.05) is 12.1 Å². The minimum Gasteiger partial charge on any atom is -0.507 e. The lowest BCUT2D eigenvalue weighted by Gasteiger charge is -2.08. The van der Waals surface area contributed by atoms with Gasteiger partial charge in [0.2, 0.25) is 6.79 Å². The Morgan fingerprint density at radius 2 is 1.95 bits per heavy atom. The van der Waals surface area contributed by atoms with Gasteiger partial charge in [-0.3, -0.25) is 4.79 Å². The second-order valence-electron chi connectivity index (χ2n) is 4.18. The van der Waals surface area contributed by atoms with Crippen LogP contribution in [-0.2, 0) is 0 Å². The van der Waals surface area contributed by atoms with Crippen LogP contribution in [0.15, 0.2) is 36.4 Å². The largest absolute Gasteiger partial charge is 0.507 e. The fourth-order valence-corrected chi connectivity index (χ4v) is 2.03. The first-order valence-electron chi connectivity index (χ1n) is 5.83. The standard InChI is InChI=1S/C14H10ClNO4/c15-8-1-3-11(17)10(5-8)14(18)16-9-2-4-12-13(6-9)20-7-19-12/h1-6,17H,7H2,(H,16,18). The van der Waals surface area contributed by atoms with Crippen LogP contribution in [0.25, 0.3) is 0 Å². The minimum atomic E-state index is -0.455. The molecule has 102 valence electrons. The summed E-state index contributed by atoms with van der Waals surface area (Å²) >= 11 is 5.81. The number of hydrogen-bond acceptors (Lipinski definition) is 4. The lowest BCUT2D eigenvalue weighted by Crippen LogP contribution is -2.12. The first kappa shape index (κ1) is 12.6. The number of aromatic hydroxyl groups is 1. The molecule has 3 rings (SSSR count). The fourth-order valence-electron chi connectivity index (χ4n) is 1.86. The zero-order chi connectivity index (χ0) is 14.1. The molecule has 0 radical (unpaired) electrons. The Balaban J connectivity index is 1.84. The van der Waals surface area contributed by atoms with E-state index < -0.39 is 5.91 Å². The molecule has 0 saturated heterocycles. The molecule has 0 fully saturated rings. The number of nitrogens with one attached hydrogen (secondary N) is 1. The molecule has 5 nitrogen and oxygen atoms in total. The number of fused-ring (bicyclic) bond motifs is 1. The van der Waals surface area contributed by atoms with E-state index in [1.54, 1.807) is 18.2 Å². The predicted molar refractivity (Wildman–Crippen MR) is 73.6 cm³/mol. The summed E-state index contributed by atoms with van der Waals surface area (Å²) in [5.41, 5.74) is 0.647. The molecule has 0 bridgehead atoms. The van der Waals surface area contributed by atoms with Crippen LogP contribution in [0.4, 0.5) is 5.69 Å². The highest BCUT2D eigenvalue weighted by molar-refractivity contribution is 6.31. The Morgan fingerprint density at radius 3 is 2.80 bits per heavy atom. The fraction of sp³-hybridized carbons (Fsp3) is 0.0714. The van der Waals surface area contributed by atoms with Crippen molar-refractivity contribution < 1.29 is 19.4 Å². The lowest BCUT2D eigenvalue weighted by atomic mass is 10.2. The van der Waals surface area contributed by atoms with Gasteiger partial charge in [-0.05, 0) is 30.3 Å². The molecular formula is C14H10ClNO4. The number of amides is 1. The van der Waals surface area contributed by atoms with Crippen molar-refractivity contribution in [2.24, 2.45) is 0 Å². The molecule has 1 aliphatic rings. The molecule has 1 amide bonds. The number of halogens is 1. The van der Waals surface area contributed by atoms with Gasteiger partial charge in [0.25, 0.3) is 5.91 Å². The molecule has 1 heterocycles. The van der Waals surface area contributed by atoms with Crippen molar-refractivity contribution in [1.29, 1.82) is 0 Å². The maximum Gasteiger partial charge on any atom is 0.259 e. The van der Waals surface area contributed by atoms with E-state index in [9.17, 15) is 9.90 Å². The molecule has 6 heteroatoms. The maximum absolute atomic E-state index is 12.1. The van der Waals surface area contributed by atoms with Gasteiger partial charge in [-0.25, -0.2) is 0 Å². The molecule has 0 aliphatic carbocycles. The van der Waals surface area contributed by atoms with E-state index in [2.05, 4.69) is 5.32 Å². The van der Waals surface area contributed by atoms with Crippen LogP contribution < -0.4 is 14.8 Å². The van der Waals surface area contributed by atoms with Gasteiger partial charge in [0.05, 0.1) is 5.56 Å². The summed E-state index contributed by atoms with van der Waals surface area (Å²) in [6.07, 6.45) is 0. The number of anilines is 1. The molecule has 1 aliphatic heterocycles. The van der Waals surface area contributed by atoms with Crippen LogP contribution in [0, 0.1) is 0 Å². The molecule has 0 spiro atoms. The molecular weight excluding hydrogens is 282 g/mol. The highest BCUT2D eigenvalue weighted by Gasteiger charge is 2.16. The third-order valence-corrected chi connectivity index (χ3v) is 3.07. The van der Waals surface area contributed by atoms with Gasteiger partial charge < -0.3 is 19.9 Å². The van der Waals surface area contributed by atoms with Crippen LogP contribution in [0.3, 0.4) is 0 Å². The number of carbonyl (C=O) groups is 1. The van der Waals surface area contributed by atoms with E-state index in [1.165, 1.54) is 18.2 Å². The first-order valence-corrected chi connectivity index (χ1v) is 6.21. The molecule has 0 saturated carbocycles. The average molecular weight is 292 g/mol. The number of carbonyl (C=O) groups excluding carboxylic acids is 1. The van der Waals surface area contributed by atoms with Gasteiger partial charge in [-0.1, -0.05) is 11.6 Å². The number of ether oxygens (including phenoxy) is 2. The number of hydrogen-bond donors (Lipinski definition) is 2.